The van der Waals surface area contributed by atoms with Gasteiger partial charge in [-0.05, 0) is 77.0 Å². The number of ether oxygens (including phenoxy) is 3. The first kappa shape index (κ1) is 68.6. The van der Waals surface area contributed by atoms with Gasteiger partial charge in [0.2, 0.25) is 0 Å². The summed E-state index contributed by atoms with van der Waals surface area (Å²) in [7, 11) is 0. The SMILES string of the molecule is CCCCC/C=C\C/C=C\CCCCCCCCCC(=O)OC(COC(=O)CCCCCCC/C=C\CCCCCCC)COC(=O)CCCCCCCCCCCCCCCCCCCCCCCC. The molecule has 0 saturated carbocycles. The standard InChI is InChI=1S/C65H120O6/c1-4-7-10-13-16-19-22-25-28-30-31-32-33-34-36-37-40-43-46-49-52-55-58-64(67)70-61-62(60-69-63(66)57-54-51-48-45-42-39-27-24-21-18-15-12-9-6-3)71-65(68)59-56-53-50-47-44-41-38-35-29-26-23-20-17-14-11-8-5-2/h17,20,24,26-27,29,62H,4-16,18-19,21-23,25,28,30-61H2,1-3H3/b20-17-,27-24-,29-26-. The lowest BCUT2D eigenvalue weighted by Gasteiger charge is -2.18. The molecule has 0 heterocycles. The molecule has 0 rings (SSSR count). The highest BCUT2D eigenvalue weighted by Gasteiger charge is 2.19. The average Bonchev–Trinajstić information content (AvgIpc) is 3.37. The average molecular weight is 998 g/mol. The number of hydrogen-bond donors (Lipinski definition) is 0. The van der Waals surface area contributed by atoms with Gasteiger partial charge in [0, 0.05) is 19.3 Å². The van der Waals surface area contributed by atoms with E-state index in [1.54, 1.807) is 0 Å². The maximum atomic E-state index is 12.9. The molecule has 1 atom stereocenters. The third kappa shape index (κ3) is 58.4. The van der Waals surface area contributed by atoms with Crippen LogP contribution in [-0.2, 0) is 28.6 Å². The summed E-state index contributed by atoms with van der Waals surface area (Å²) in [6, 6.07) is 0. The van der Waals surface area contributed by atoms with Crippen molar-refractivity contribution in [2.24, 2.45) is 0 Å². The van der Waals surface area contributed by atoms with Crippen LogP contribution in [0, 0.1) is 0 Å². The second-order valence-electron chi connectivity index (χ2n) is 21.3. The van der Waals surface area contributed by atoms with Gasteiger partial charge in [0.1, 0.15) is 13.2 Å². The monoisotopic (exact) mass is 997 g/mol. The first-order valence-electron chi connectivity index (χ1n) is 31.5. The molecule has 0 aliphatic heterocycles. The predicted molar refractivity (Wildman–Crippen MR) is 307 cm³/mol. The van der Waals surface area contributed by atoms with E-state index in [4.69, 9.17) is 14.2 Å². The van der Waals surface area contributed by atoms with Crippen LogP contribution < -0.4 is 0 Å². The maximum Gasteiger partial charge on any atom is 0.306 e. The Morgan fingerprint density at radius 2 is 0.507 bits per heavy atom. The van der Waals surface area contributed by atoms with Gasteiger partial charge in [-0.15, -0.1) is 0 Å². The molecule has 0 bridgehead atoms. The summed E-state index contributed by atoms with van der Waals surface area (Å²) < 4.78 is 16.9. The van der Waals surface area contributed by atoms with Gasteiger partial charge in [-0.1, -0.05) is 282 Å². The molecule has 71 heavy (non-hydrogen) atoms. The minimum Gasteiger partial charge on any atom is -0.462 e. The molecular weight excluding hydrogens is 877 g/mol. The minimum atomic E-state index is -0.778. The highest BCUT2D eigenvalue weighted by atomic mass is 16.6. The molecule has 0 aromatic carbocycles. The topological polar surface area (TPSA) is 78.9 Å². The molecule has 0 N–H and O–H groups in total. The van der Waals surface area contributed by atoms with E-state index < -0.39 is 6.10 Å². The number of unbranched alkanes of at least 4 members (excludes halogenated alkanes) is 41. The summed E-state index contributed by atoms with van der Waals surface area (Å²) >= 11 is 0. The van der Waals surface area contributed by atoms with Crippen molar-refractivity contribution in [3.05, 3.63) is 36.5 Å². The highest BCUT2D eigenvalue weighted by Crippen LogP contribution is 2.17. The molecule has 0 saturated heterocycles. The summed E-state index contributed by atoms with van der Waals surface area (Å²) in [4.78, 5) is 38.3. The first-order chi connectivity index (χ1) is 35.0. The fraction of sp³-hybridized carbons (Fsp3) is 0.862. The van der Waals surface area contributed by atoms with E-state index in [-0.39, 0.29) is 31.1 Å². The van der Waals surface area contributed by atoms with Crippen LogP contribution in [0.4, 0.5) is 0 Å². The summed E-state index contributed by atoms with van der Waals surface area (Å²) in [5, 5.41) is 0. The van der Waals surface area contributed by atoms with Gasteiger partial charge in [0.15, 0.2) is 6.10 Å². The molecule has 0 aliphatic rings. The van der Waals surface area contributed by atoms with Gasteiger partial charge < -0.3 is 14.2 Å². The van der Waals surface area contributed by atoms with E-state index in [0.29, 0.717) is 19.3 Å². The molecule has 416 valence electrons. The van der Waals surface area contributed by atoms with Crippen LogP contribution >= 0.6 is 0 Å². The van der Waals surface area contributed by atoms with Crippen molar-refractivity contribution >= 4 is 17.9 Å². The number of hydrogen-bond acceptors (Lipinski definition) is 6. The van der Waals surface area contributed by atoms with Gasteiger partial charge >= 0.3 is 17.9 Å². The van der Waals surface area contributed by atoms with Crippen LogP contribution in [0.2, 0.25) is 0 Å². The number of rotatable bonds is 58. The zero-order chi connectivity index (χ0) is 51.4. The van der Waals surface area contributed by atoms with Crippen molar-refractivity contribution in [1.82, 2.24) is 0 Å². The second-order valence-corrected chi connectivity index (χ2v) is 21.3. The second kappa shape index (κ2) is 60.2. The van der Waals surface area contributed by atoms with Crippen molar-refractivity contribution in [3.63, 3.8) is 0 Å². The van der Waals surface area contributed by atoms with Crippen molar-refractivity contribution in [3.8, 4) is 0 Å². The molecule has 0 aromatic rings. The van der Waals surface area contributed by atoms with Crippen LogP contribution in [-0.4, -0.2) is 37.2 Å². The highest BCUT2D eigenvalue weighted by molar-refractivity contribution is 5.71. The van der Waals surface area contributed by atoms with E-state index in [0.717, 1.165) is 77.0 Å². The largest absolute Gasteiger partial charge is 0.462 e. The fourth-order valence-corrected chi connectivity index (χ4v) is 9.35. The number of carbonyl (C=O) groups excluding carboxylic acids is 3. The van der Waals surface area contributed by atoms with E-state index >= 15 is 0 Å². The van der Waals surface area contributed by atoms with Crippen LogP contribution in [0.15, 0.2) is 36.5 Å². The number of allylic oxidation sites excluding steroid dienone is 6. The van der Waals surface area contributed by atoms with E-state index in [2.05, 4.69) is 57.2 Å². The summed E-state index contributed by atoms with van der Waals surface area (Å²) in [6.45, 7) is 6.65. The predicted octanol–water partition coefficient (Wildman–Crippen LogP) is 21.2. The molecule has 6 nitrogen and oxygen atoms in total. The Morgan fingerprint density at radius 3 is 0.817 bits per heavy atom. The number of esters is 3. The Hall–Kier alpha value is -2.37. The van der Waals surface area contributed by atoms with Crippen molar-refractivity contribution < 1.29 is 28.6 Å². The Kier molecular flexibility index (Phi) is 58.2. The van der Waals surface area contributed by atoms with Crippen LogP contribution in [0.1, 0.15) is 342 Å². The summed E-state index contributed by atoms with van der Waals surface area (Å²) in [5.74, 6) is -0.869. The molecular formula is C65H120O6. The lowest BCUT2D eigenvalue weighted by Crippen LogP contribution is -2.30. The Bertz CT molecular complexity index is 1190. The van der Waals surface area contributed by atoms with Crippen LogP contribution in [0.3, 0.4) is 0 Å². The van der Waals surface area contributed by atoms with Gasteiger partial charge in [-0.3, -0.25) is 14.4 Å². The molecule has 0 fully saturated rings. The molecule has 6 heteroatoms. The van der Waals surface area contributed by atoms with E-state index in [1.807, 2.05) is 0 Å². The molecule has 0 spiro atoms. The van der Waals surface area contributed by atoms with Gasteiger partial charge in [-0.2, -0.15) is 0 Å². The number of carbonyl (C=O) groups is 3. The Morgan fingerprint density at radius 1 is 0.282 bits per heavy atom. The third-order valence-electron chi connectivity index (χ3n) is 14.1. The smallest absolute Gasteiger partial charge is 0.306 e. The summed E-state index contributed by atoms with van der Waals surface area (Å²) in [6.07, 6.45) is 72.9. The van der Waals surface area contributed by atoms with Crippen molar-refractivity contribution in [1.29, 1.82) is 0 Å². The molecule has 0 radical (unpaired) electrons. The van der Waals surface area contributed by atoms with Gasteiger partial charge in [0.25, 0.3) is 0 Å². The maximum absolute atomic E-state index is 12.9. The Labute approximate surface area is 442 Å². The normalized spacial score (nSPS) is 12.2. The van der Waals surface area contributed by atoms with Crippen molar-refractivity contribution in [2.75, 3.05) is 13.2 Å². The lowest BCUT2D eigenvalue weighted by atomic mass is 10.0. The van der Waals surface area contributed by atoms with Gasteiger partial charge in [-0.25, -0.2) is 0 Å². The molecule has 0 aliphatic carbocycles. The molecule has 0 aromatic heterocycles. The Balaban J connectivity index is 4.30. The lowest BCUT2D eigenvalue weighted by molar-refractivity contribution is -0.167. The van der Waals surface area contributed by atoms with E-state index in [1.165, 1.54) is 225 Å². The van der Waals surface area contributed by atoms with Crippen molar-refractivity contribution in [2.45, 2.75) is 348 Å². The third-order valence-corrected chi connectivity index (χ3v) is 14.1. The van der Waals surface area contributed by atoms with Crippen LogP contribution in [0.5, 0.6) is 0 Å². The zero-order valence-corrected chi connectivity index (χ0v) is 47.8. The van der Waals surface area contributed by atoms with Gasteiger partial charge in [0.05, 0.1) is 0 Å². The minimum absolute atomic E-state index is 0.0740. The summed E-state index contributed by atoms with van der Waals surface area (Å²) in [5.41, 5.74) is 0. The van der Waals surface area contributed by atoms with Crippen LogP contribution in [0.25, 0.3) is 0 Å². The van der Waals surface area contributed by atoms with E-state index in [9.17, 15) is 14.4 Å². The fourth-order valence-electron chi connectivity index (χ4n) is 9.35. The first-order valence-corrected chi connectivity index (χ1v) is 31.5. The molecule has 0 amide bonds. The quantitative estimate of drug-likeness (QED) is 0.0261. The molecule has 1 unspecified atom stereocenters. The zero-order valence-electron chi connectivity index (χ0n) is 47.8.